The zero-order chi connectivity index (χ0) is 8.10. The maximum Gasteiger partial charge on any atom is 0.174 e. The first-order chi connectivity index (χ1) is 5.33. The average molecular weight is 217 g/mol. The highest BCUT2D eigenvalue weighted by molar-refractivity contribution is 9.10. The van der Waals surface area contributed by atoms with Crippen molar-refractivity contribution in [2.45, 2.75) is 32.6 Å². The number of rotatable bonds is 4. The van der Waals surface area contributed by atoms with Crippen LogP contribution in [0.15, 0.2) is 10.9 Å². The van der Waals surface area contributed by atoms with E-state index in [2.05, 4.69) is 32.8 Å². The molecule has 1 N–H and O–H groups in total. The van der Waals surface area contributed by atoms with Crippen LogP contribution in [0.2, 0.25) is 0 Å². The van der Waals surface area contributed by atoms with Crippen molar-refractivity contribution in [3.63, 3.8) is 0 Å². The van der Waals surface area contributed by atoms with Gasteiger partial charge in [0.2, 0.25) is 0 Å². The molecule has 0 spiro atoms. The summed E-state index contributed by atoms with van der Waals surface area (Å²) in [6, 6.07) is 0. The van der Waals surface area contributed by atoms with E-state index >= 15 is 0 Å². The van der Waals surface area contributed by atoms with Crippen LogP contribution in [-0.2, 0) is 6.42 Å². The SMILES string of the molecule is CCCCCc1cnc(Br)[nH]1. The number of halogens is 1. The van der Waals surface area contributed by atoms with Gasteiger partial charge in [0.1, 0.15) is 0 Å². The average Bonchev–Trinajstić information content (AvgIpc) is 2.37. The zero-order valence-electron chi connectivity index (χ0n) is 6.73. The molecule has 1 rings (SSSR count). The highest BCUT2D eigenvalue weighted by Crippen LogP contribution is 2.07. The van der Waals surface area contributed by atoms with Crippen molar-refractivity contribution in [3.8, 4) is 0 Å². The van der Waals surface area contributed by atoms with Gasteiger partial charge in [0.25, 0.3) is 0 Å². The van der Waals surface area contributed by atoms with Gasteiger partial charge in [-0.3, -0.25) is 0 Å². The number of nitrogens with zero attached hydrogens (tertiary/aromatic N) is 1. The summed E-state index contributed by atoms with van der Waals surface area (Å²) in [4.78, 5) is 7.20. The second kappa shape index (κ2) is 4.54. The van der Waals surface area contributed by atoms with E-state index in [1.54, 1.807) is 0 Å². The van der Waals surface area contributed by atoms with E-state index in [1.165, 1.54) is 25.0 Å². The third-order valence-electron chi connectivity index (χ3n) is 1.65. The third kappa shape index (κ3) is 3.06. The summed E-state index contributed by atoms with van der Waals surface area (Å²) in [5.74, 6) is 0. The van der Waals surface area contributed by atoms with Gasteiger partial charge in [-0.15, -0.1) is 0 Å². The Labute approximate surface area is 75.6 Å². The topological polar surface area (TPSA) is 28.7 Å². The fourth-order valence-corrected chi connectivity index (χ4v) is 1.38. The molecule has 3 heteroatoms. The molecule has 2 nitrogen and oxygen atoms in total. The van der Waals surface area contributed by atoms with Gasteiger partial charge in [-0.1, -0.05) is 19.8 Å². The Kier molecular flexibility index (Phi) is 3.63. The summed E-state index contributed by atoms with van der Waals surface area (Å²) >= 11 is 3.27. The first-order valence-electron chi connectivity index (χ1n) is 4.02. The Bertz CT molecular complexity index is 208. The second-order valence-electron chi connectivity index (χ2n) is 2.66. The van der Waals surface area contributed by atoms with E-state index < -0.39 is 0 Å². The number of hydrogen-bond donors (Lipinski definition) is 1. The van der Waals surface area contributed by atoms with Gasteiger partial charge in [-0.05, 0) is 28.8 Å². The van der Waals surface area contributed by atoms with Gasteiger partial charge >= 0.3 is 0 Å². The zero-order valence-corrected chi connectivity index (χ0v) is 8.32. The minimum atomic E-state index is 0.837. The molecule has 0 aliphatic heterocycles. The predicted octanol–water partition coefficient (Wildman–Crippen LogP) is 2.90. The van der Waals surface area contributed by atoms with E-state index in [-0.39, 0.29) is 0 Å². The molecule has 0 saturated heterocycles. The number of aromatic nitrogens is 2. The molecule has 0 aromatic carbocycles. The fourth-order valence-electron chi connectivity index (χ4n) is 1.02. The number of aryl methyl sites for hydroxylation is 1. The number of hydrogen-bond acceptors (Lipinski definition) is 1. The molecule has 0 radical (unpaired) electrons. The van der Waals surface area contributed by atoms with Gasteiger partial charge in [0.05, 0.1) is 0 Å². The van der Waals surface area contributed by atoms with Crippen molar-refractivity contribution < 1.29 is 0 Å². The van der Waals surface area contributed by atoms with Crippen LogP contribution in [0.25, 0.3) is 0 Å². The van der Waals surface area contributed by atoms with Crippen molar-refractivity contribution in [1.29, 1.82) is 0 Å². The molecular formula is C8H13BrN2. The van der Waals surface area contributed by atoms with Crippen molar-refractivity contribution in [1.82, 2.24) is 9.97 Å². The summed E-state index contributed by atoms with van der Waals surface area (Å²) in [5, 5.41) is 0. The summed E-state index contributed by atoms with van der Waals surface area (Å²) < 4.78 is 0.837. The minimum absolute atomic E-state index is 0.837. The van der Waals surface area contributed by atoms with Crippen LogP contribution in [-0.4, -0.2) is 9.97 Å². The Morgan fingerprint density at radius 1 is 1.55 bits per heavy atom. The molecule has 1 aromatic rings. The van der Waals surface area contributed by atoms with Crippen LogP contribution in [0.3, 0.4) is 0 Å². The molecule has 0 atom stereocenters. The second-order valence-corrected chi connectivity index (χ2v) is 3.41. The first kappa shape index (κ1) is 8.78. The Morgan fingerprint density at radius 3 is 2.91 bits per heavy atom. The largest absolute Gasteiger partial charge is 0.336 e. The van der Waals surface area contributed by atoms with Crippen LogP contribution in [0.5, 0.6) is 0 Å². The number of aromatic amines is 1. The normalized spacial score (nSPS) is 10.4. The maximum absolute atomic E-state index is 4.06. The van der Waals surface area contributed by atoms with E-state index in [0.29, 0.717) is 0 Å². The van der Waals surface area contributed by atoms with Crippen LogP contribution in [0.1, 0.15) is 31.9 Å². The molecule has 0 saturated carbocycles. The van der Waals surface area contributed by atoms with E-state index in [0.717, 1.165) is 11.2 Å². The standard InChI is InChI=1S/C8H13BrN2/c1-2-3-4-5-7-6-10-8(9)11-7/h6H,2-5H2,1H3,(H,10,11). The highest BCUT2D eigenvalue weighted by Gasteiger charge is 1.95. The van der Waals surface area contributed by atoms with Gasteiger partial charge in [-0.2, -0.15) is 0 Å². The van der Waals surface area contributed by atoms with E-state index in [4.69, 9.17) is 0 Å². The lowest BCUT2D eigenvalue weighted by Crippen LogP contribution is -1.84. The van der Waals surface area contributed by atoms with Gasteiger partial charge in [0, 0.05) is 11.9 Å². The number of H-pyrrole nitrogens is 1. The van der Waals surface area contributed by atoms with Crippen molar-refractivity contribution in [2.24, 2.45) is 0 Å². The summed E-state index contributed by atoms with van der Waals surface area (Å²) in [6.45, 7) is 2.21. The number of nitrogens with one attached hydrogen (secondary N) is 1. The van der Waals surface area contributed by atoms with E-state index in [9.17, 15) is 0 Å². The molecule has 62 valence electrons. The van der Waals surface area contributed by atoms with Crippen molar-refractivity contribution in [2.75, 3.05) is 0 Å². The van der Waals surface area contributed by atoms with Gasteiger partial charge < -0.3 is 4.98 Å². The van der Waals surface area contributed by atoms with Gasteiger partial charge in [0.15, 0.2) is 4.73 Å². The summed E-state index contributed by atoms with van der Waals surface area (Å²) in [5.41, 5.74) is 1.23. The van der Waals surface area contributed by atoms with Crippen molar-refractivity contribution in [3.05, 3.63) is 16.6 Å². The molecule has 0 unspecified atom stereocenters. The predicted molar refractivity (Wildman–Crippen MR) is 49.5 cm³/mol. The lowest BCUT2D eigenvalue weighted by molar-refractivity contribution is 0.709. The lowest BCUT2D eigenvalue weighted by atomic mass is 10.2. The minimum Gasteiger partial charge on any atom is -0.336 e. The van der Waals surface area contributed by atoms with E-state index in [1.807, 2.05) is 6.20 Å². The maximum atomic E-state index is 4.06. The van der Waals surface area contributed by atoms with Crippen LogP contribution < -0.4 is 0 Å². The Hall–Kier alpha value is -0.310. The quantitative estimate of drug-likeness (QED) is 0.771. The molecular weight excluding hydrogens is 204 g/mol. The summed E-state index contributed by atoms with van der Waals surface area (Å²) in [7, 11) is 0. The Balaban J connectivity index is 2.27. The number of imidazole rings is 1. The smallest absolute Gasteiger partial charge is 0.174 e. The molecule has 11 heavy (non-hydrogen) atoms. The Morgan fingerprint density at radius 2 is 2.36 bits per heavy atom. The van der Waals surface area contributed by atoms with Gasteiger partial charge in [-0.25, -0.2) is 4.98 Å². The third-order valence-corrected chi connectivity index (χ3v) is 2.05. The molecule has 1 heterocycles. The number of unbranched alkanes of at least 4 members (excludes halogenated alkanes) is 2. The summed E-state index contributed by atoms with van der Waals surface area (Å²) in [6.07, 6.45) is 6.84. The van der Waals surface area contributed by atoms with Crippen LogP contribution in [0, 0.1) is 0 Å². The molecule has 0 amide bonds. The molecule has 0 aliphatic carbocycles. The first-order valence-corrected chi connectivity index (χ1v) is 4.81. The molecule has 0 bridgehead atoms. The van der Waals surface area contributed by atoms with Crippen molar-refractivity contribution >= 4 is 15.9 Å². The lowest BCUT2D eigenvalue weighted by Gasteiger charge is -1.94. The molecule has 0 aliphatic rings. The monoisotopic (exact) mass is 216 g/mol. The molecule has 0 fully saturated rings. The molecule has 1 aromatic heterocycles. The van der Waals surface area contributed by atoms with Crippen LogP contribution in [0.4, 0.5) is 0 Å². The van der Waals surface area contributed by atoms with Crippen LogP contribution >= 0.6 is 15.9 Å². The fraction of sp³-hybridized carbons (Fsp3) is 0.625. The highest BCUT2D eigenvalue weighted by atomic mass is 79.9.